The SMILES string of the molecule is NC(=O)COc1ccc(C2=NNC(=O)CC2)cc1Cl. The van der Waals surface area contributed by atoms with Gasteiger partial charge in [-0.05, 0) is 23.8 Å². The highest BCUT2D eigenvalue weighted by molar-refractivity contribution is 6.32. The van der Waals surface area contributed by atoms with Crippen LogP contribution in [0.1, 0.15) is 18.4 Å². The smallest absolute Gasteiger partial charge is 0.255 e. The number of benzene rings is 1. The van der Waals surface area contributed by atoms with Crippen LogP contribution >= 0.6 is 11.6 Å². The molecular weight excluding hydrogens is 270 g/mol. The average molecular weight is 282 g/mol. The van der Waals surface area contributed by atoms with Crippen LogP contribution in [-0.2, 0) is 9.59 Å². The molecule has 0 aliphatic carbocycles. The number of rotatable bonds is 4. The molecule has 7 heteroatoms. The van der Waals surface area contributed by atoms with E-state index in [-0.39, 0.29) is 12.5 Å². The van der Waals surface area contributed by atoms with Gasteiger partial charge in [-0.2, -0.15) is 5.10 Å². The van der Waals surface area contributed by atoms with Crippen LogP contribution in [-0.4, -0.2) is 24.1 Å². The summed E-state index contributed by atoms with van der Waals surface area (Å²) >= 11 is 6.04. The first-order chi connectivity index (χ1) is 9.06. The van der Waals surface area contributed by atoms with Crippen molar-refractivity contribution in [3.8, 4) is 5.75 Å². The Morgan fingerprint density at radius 3 is 2.84 bits per heavy atom. The fraction of sp³-hybridized carbons (Fsp3) is 0.250. The fourth-order valence-corrected chi connectivity index (χ4v) is 1.86. The molecule has 1 aliphatic rings. The molecule has 0 spiro atoms. The third-order valence-corrected chi connectivity index (χ3v) is 2.83. The Labute approximate surface area is 114 Å². The molecule has 1 aliphatic heterocycles. The maximum atomic E-state index is 11.0. The number of hydrazone groups is 1. The van der Waals surface area contributed by atoms with E-state index in [0.717, 1.165) is 11.3 Å². The zero-order valence-corrected chi connectivity index (χ0v) is 10.7. The van der Waals surface area contributed by atoms with Gasteiger partial charge in [-0.3, -0.25) is 9.59 Å². The maximum absolute atomic E-state index is 11.0. The quantitative estimate of drug-likeness (QED) is 0.855. The molecule has 0 unspecified atom stereocenters. The van der Waals surface area contributed by atoms with Gasteiger partial charge in [0.05, 0.1) is 10.7 Å². The van der Waals surface area contributed by atoms with E-state index in [1.807, 2.05) is 0 Å². The Bertz CT molecular complexity index is 557. The van der Waals surface area contributed by atoms with E-state index in [1.54, 1.807) is 18.2 Å². The molecule has 100 valence electrons. The van der Waals surface area contributed by atoms with E-state index in [1.165, 1.54) is 0 Å². The maximum Gasteiger partial charge on any atom is 0.255 e. The van der Waals surface area contributed by atoms with E-state index in [2.05, 4.69) is 10.5 Å². The van der Waals surface area contributed by atoms with Gasteiger partial charge in [0.1, 0.15) is 5.75 Å². The second-order valence-corrected chi connectivity index (χ2v) is 4.40. The second-order valence-electron chi connectivity index (χ2n) is 3.99. The van der Waals surface area contributed by atoms with Crippen LogP contribution < -0.4 is 15.9 Å². The van der Waals surface area contributed by atoms with Gasteiger partial charge in [-0.25, -0.2) is 5.43 Å². The zero-order chi connectivity index (χ0) is 13.8. The average Bonchev–Trinajstić information content (AvgIpc) is 2.38. The van der Waals surface area contributed by atoms with Gasteiger partial charge in [0.25, 0.3) is 5.91 Å². The summed E-state index contributed by atoms with van der Waals surface area (Å²) in [5.41, 5.74) is 8.96. The standard InChI is InChI=1S/C12H12ClN3O3/c13-8-5-7(9-2-4-12(18)16-15-9)1-3-10(8)19-6-11(14)17/h1,3,5H,2,4,6H2,(H2,14,17)(H,16,18). The van der Waals surface area contributed by atoms with Gasteiger partial charge < -0.3 is 10.5 Å². The molecule has 1 aromatic rings. The van der Waals surface area contributed by atoms with Crippen molar-refractivity contribution in [2.75, 3.05) is 6.61 Å². The summed E-state index contributed by atoms with van der Waals surface area (Å²) in [6.07, 6.45) is 0.958. The topological polar surface area (TPSA) is 93.8 Å². The first-order valence-electron chi connectivity index (χ1n) is 5.62. The first-order valence-corrected chi connectivity index (χ1v) is 6.00. The second kappa shape index (κ2) is 5.71. The van der Waals surface area contributed by atoms with Crippen LogP contribution in [0.2, 0.25) is 5.02 Å². The molecule has 1 heterocycles. The highest BCUT2D eigenvalue weighted by Gasteiger charge is 2.14. The molecule has 6 nitrogen and oxygen atoms in total. The molecule has 19 heavy (non-hydrogen) atoms. The van der Waals surface area contributed by atoms with Crippen LogP contribution in [0.3, 0.4) is 0 Å². The fourth-order valence-electron chi connectivity index (χ4n) is 1.63. The van der Waals surface area contributed by atoms with Crippen molar-refractivity contribution >= 4 is 29.1 Å². The van der Waals surface area contributed by atoms with E-state index >= 15 is 0 Å². The summed E-state index contributed by atoms with van der Waals surface area (Å²) in [6.45, 7) is -0.226. The predicted octanol–water partition coefficient (Wildman–Crippen LogP) is 0.818. The number of carbonyl (C=O) groups is 2. The molecule has 0 fully saturated rings. The minimum atomic E-state index is -0.570. The number of halogens is 1. The van der Waals surface area contributed by atoms with Gasteiger partial charge in [-0.15, -0.1) is 0 Å². The van der Waals surface area contributed by atoms with Gasteiger partial charge in [0, 0.05) is 12.8 Å². The molecule has 2 amide bonds. The number of hydrogen-bond donors (Lipinski definition) is 2. The lowest BCUT2D eigenvalue weighted by Gasteiger charge is -2.13. The Hall–Kier alpha value is -2.08. The molecule has 2 rings (SSSR count). The first kappa shape index (κ1) is 13.4. The minimum Gasteiger partial charge on any atom is -0.482 e. The summed E-state index contributed by atoms with van der Waals surface area (Å²) < 4.78 is 5.14. The third kappa shape index (κ3) is 3.45. The van der Waals surface area contributed by atoms with Crippen LogP contribution in [0.15, 0.2) is 23.3 Å². The normalized spacial score (nSPS) is 14.6. The summed E-state index contributed by atoms with van der Waals surface area (Å²) in [6, 6.07) is 5.08. The number of nitrogens with one attached hydrogen (secondary N) is 1. The molecule has 0 radical (unpaired) electrons. The lowest BCUT2D eigenvalue weighted by atomic mass is 10.0. The summed E-state index contributed by atoms with van der Waals surface area (Å²) in [4.78, 5) is 21.6. The monoisotopic (exact) mass is 281 g/mol. The molecule has 1 aromatic carbocycles. The number of ether oxygens (including phenoxy) is 1. The number of amides is 2. The number of hydrogen-bond acceptors (Lipinski definition) is 4. The molecule has 3 N–H and O–H groups in total. The number of carbonyl (C=O) groups excluding carboxylic acids is 2. The van der Waals surface area contributed by atoms with Crippen molar-refractivity contribution in [3.05, 3.63) is 28.8 Å². The number of primary amides is 1. The van der Waals surface area contributed by atoms with Crippen molar-refractivity contribution in [3.63, 3.8) is 0 Å². The molecule has 0 atom stereocenters. The van der Waals surface area contributed by atoms with Gasteiger partial charge >= 0.3 is 0 Å². The van der Waals surface area contributed by atoms with E-state index in [4.69, 9.17) is 22.1 Å². The molecule has 0 saturated heterocycles. The van der Waals surface area contributed by atoms with E-state index in [0.29, 0.717) is 23.6 Å². The van der Waals surface area contributed by atoms with Crippen molar-refractivity contribution in [1.29, 1.82) is 0 Å². The zero-order valence-electron chi connectivity index (χ0n) is 9.98. The summed E-state index contributed by atoms with van der Waals surface area (Å²) in [5, 5.41) is 4.33. The van der Waals surface area contributed by atoms with Gasteiger partial charge in [0.2, 0.25) is 5.91 Å². The van der Waals surface area contributed by atoms with E-state index < -0.39 is 5.91 Å². The van der Waals surface area contributed by atoms with Crippen LogP contribution in [0.4, 0.5) is 0 Å². The Morgan fingerprint density at radius 2 is 2.26 bits per heavy atom. The van der Waals surface area contributed by atoms with Crippen molar-refractivity contribution in [2.24, 2.45) is 10.8 Å². The predicted molar refractivity (Wildman–Crippen MR) is 70.1 cm³/mol. The summed E-state index contributed by atoms with van der Waals surface area (Å²) in [7, 11) is 0. The van der Waals surface area contributed by atoms with E-state index in [9.17, 15) is 9.59 Å². The Morgan fingerprint density at radius 1 is 1.47 bits per heavy atom. The largest absolute Gasteiger partial charge is 0.482 e. The lowest BCUT2D eigenvalue weighted by Crippen LogP contribution is -2.25. The molecule has 0 bridgehead atoms. The van der Waals surface area contributed by atoms with Crippen molar-refractivity contribution in [1.82, 2.24) is 5.43 Å². The highest BCUT2D eigenvalue weighted by atomic mass is 35.5. The van der Waals surface area contributed by atoms with Crippen LogP contribution in [0.5, 0.6) is 5.75 Å². The Balaban J connectivity index is 2.14. The van der Waals surface area contributed by atoms with Gasteiger partial charge in [-0.1, -0.05) is 11.6 Å². The number of nitrogens with two attached hydrogens (primary N) is 1. The number of nitrogens with zero attached hydrogens (tertiary/aromatic N) is 1. The van der Waals surface area contributed by atoms with Crippen LogP contribution in [0, 0.1) is 0 Å². The summed E-state index contributed by atoms with van der Waals surface area (Å²) in [5.74, 6) is -0.291. The minimum absolute atomic E-state index is 0.101. The van der Waals surface area contributed by atoms with Crippen molar-refractivity contribution < 1.29 is 14.3 Å². The van der Waals surface area contributed by atoms with Gasteiger partial charge in [0.15, 0.2) is 6.61 Å². The Kier molecular flexibility index (Phi) is 4.01. The third-order valence-electron chi connectivity index (χ3n) is 2.54. The lowest BCUT2D eigenvalue weighted by molar-refractivity contribution is -0.121. The van der Waals surface area contributed by atoms with Crippen molar-refractivity contribution in [2.45, 2.75) is 12.8 Å². The molecule has 0 aromatic heterocycles. The van der Waals surface area contributed by atoms with Crippen LogP contribution in [0.25, 0.3) is 0 Å². The molecular formula is C12H12ClN3O3. The molecule has 0 saturated carbocycles. The highest BCUT2D eigenvalue weighted by Crippen LogP contribution is 2.26.